The van der Waals surface area contributed by atoms with Crippen LogP contribution in [0.4, 0.5) is 0 Å². The molecule has 0 radical (unpaired) electrons. The molecule has 6 nitrogen and oxygen atoms in total. The maximum absolute atomic E-state index is 11.6. The summed E-state index contributed by atoms with van der Waals surface area (Å²) in [6.07, 6.45) is 3.26. The topological polar surface area (TPSA) is 78.8 Å². The van der Waals surface area contributed by atoms with E-state index in [2.05, 4.69) is 34.0 Å². The molecule has 0 saturated heterocycles. The highest BCUT2D eigenvalue weighted by atomic mass is 16.1. The van der Waals surface area contributed by atoms with Crippen molar-refractivity contribution in [2.45, 2.75) is 19.8 Å². The Hall–Kier alpha value is -2.11. The summed E-state index contributed by atoms with van der Waals surface area (Å²) >= 11 is 0. The molecule has 0 bridgehead atoms. The van der Waals surface area contributed by atoms with E-state index >= 15 is 0 Å². The highest BCUT2D eigenvalue weighted by molar-refractivity contribution is 5.91. The number of aromatic amines is 2. The molecule has 82 valence electrons. The van der Waals surface area contributed by atoms with Crippen molar-refractivity contribution in [3.8, 4) is 0 Å². The molecule has 0 saturated carbocycles. The molecular formula is C10H11N5O. The SMILES string of the molecule is CC(C)c1[nH]nc2[nH]c(=O)n3ccnc3c12. The second-order valence-electron chi connectivity index (χ2n) is 4.07. The maximum atomic E-state index is 11.6. The zero-order valence-corrected chi connectivity index (χ0v) is 8.98. The zero-order chi connectivity index (χ0) is 11.3. The Morgan fingerprint density at radius 2 is 2.25 bits per heavy atom. The number of nitrogens with one attached hydrogen (secondary N) is 2. The smallest absolute Gasteiger partial charge is 0.289 e. The molecule has 0 aliphatic carbocycles. The minimum Gasteiger partial charge on any atom is -0.289 e. The number of imidazole rings is 1. The highest BCUT2D eigenvalue weighted by Gasteiger charge is 2.14. The third-order valence-corrected chi connectivity index (χ3v) is 2.68. The number of rotatable bonds is 1. The third-order valence-electron chi connectivity index (χ3n) is 2.68. The van der Waals surface area contributed by atoms with Crippen molar-refractivity contribution >= 4 is 16.7 Å². The summed E-state index contributed by atoms with van der Waals surface area (Å²) in [5.41, 5.74) is 1.98. The number of fused-ring (bicyclic) bond motifs is 3. The van der Waals surface area contributed by atoms with Crippen LogP contribution < -0.4 is 5.69 Å². The summed E-state index contributed by atoms with van der Waals surface area (Å²) in [5.74, 6) is 0.302. The number of H-pyrrole nitrogens is 2. The predicted octanol–water partition coefficient (Wildman–Crippen LogP) is 1.02. The Bertz CT molecular complexity index is 718. The first kappa shape index (κ1) is 9.14. The molecule has 0 unspecified atom stereocenters. The lowest BCUT2D eigenvalue weighted by Gasteiger charge is -2.01. The average molecular weight is 217 g/mol. The van der Waals surface area contributed by atoms with Gasteiger partial charge in [0.15, 0.2) is 11.3 Å². The van der Waals surface area contributed by atoms with Crippen molar-refractivity contribution in [2.24, 2.45) is 0 Å². The Balaban J connectivity index is 2.59. The summed E-state index contributed by atoms with van der Waals surface area (Å²) in [4.78, 5) is 18.6. The minimum absolute atomic E-state index is 0.221. The second-order valence-corrected chi connectivity index (χ2v) is 4.07. The zero-order valence-electron chi connectivity index (χ0n) is 8.98. The lowest BCUT2D eigenvalue weighted by Crippen LogP contribution is -2.15. The molecule has 0 aliphatic heterocycles. The van der Waals surface area contributed by atoms with Crippen LogP contribution in [0.3, 0.4) is 0 Å². The molecule has 0 aromatic carbocycles. The molecule has 0 spiro atoms. The van der Waals surface area contributed by atoms with E-state index < -0.39 is 0 Å². The van der Waals surface area contributed by atoms with Gasteiger partial charge >= 0.3 is 5.69 Å². The average Bonchev–Trinajstić information content (AvgIpc) is 2.80. The van der Waals surface area contributed by atoms with Gasteiger partial charge in [0.1, 0.15) is 0 Å². The Morgan fingerprint density at radius 3 is 3.00 bits per heavy atom. The number of nitrogens with zero attached hydrogens (tertiary/aromatic N) is 3. The predicted molar refractivity (Wildman–Crippen MR) is 59.6 cm³/mol. The van der Waals surface area contributed by atoms with E-state index in [-0.39, 0.29) is 5.69 Å². The largest absolute Gasteiger partial charge is 0.332 e. The van der Waals surface area contributed by atoms with Crippen molar-refractivity contribution in [1.29, 1.82) is 0 Å². The molecule has 0 atom stereocenters. The lowest BCUT2D eigenvalue weighted by atomic mass is 10.1. The van der Waals surface area contributed by atoms with Crippen LogP contribution >= 0.6 is 0 Å². The minimum atomic E-state index is -0.221. The summed E-state index contributed by atoms with van der Waals surface area (Å²) in [6.45, 7) is 4.13. The van der Waals surface area contributed by atoms with E-state index in [1.165, 1.54) is 4.40 Å². The second kappa shape index (κ2) is 2.94. The van der Waals surface area contributed by atoms with Gasteiger partial charge in [-0.1, -0.05) is 13.8 Å². The maximum Gasteiger partial charge on any atom is 0.332 e. The summed E-state index contributed by atoms with van der Waals surface area (Å²) in [5, 5.41) is 7.93. The lowest BCUT2D eigenvalue weighted by molar-refractivity contribution is 0.817. The van der Waals surface area contributed by atoms with Gasteiger partial charge in [-0.15, -0.1) is 0 Å². The Kier molecular flexibility index (Phi) is 1.68. The van der Waals surface area contributed by atoms with Crippen LogP contribution in [0.1, 0.15) is 25.5 Å². The third kappa shape index (κ3) is 1.04. The van der Waals surface area contributed by atoms with Crippen LogP contribution in [0.25, 0.3) is 16.7 Å². The first-order chi connectivity index (χ1) is 7.68. The van der Waals surface area contributed by atoms with E-state index in [0.717, 1.165) is 11.1 Å². The van der Waals surface area contributed by atoms with E-state index in [4.69, 9.17) is 0 Å². The van der Waals surface area contributed by atoms with Crippen molar-refractivity contribution in [3.63, 3.8) is 0 Å². The van der Waals surface area contributed by atoms with E-state index in [9.17, 15) is 4.79 Å². The monoisotopic (exact) mass is 217 g/mol. The summed E-state index contributed by atoms with van der Waals surface area (Å²) in [7, 11) is 0. The molecule has 3 aromatic rings. The number of hydrogen-bond donors (Lipinski definition) is 2. The number of hydrogen-bond acceptors (Lipinski definition) is 3. The van der Waals surface area contributed by atoms with Gasteiger partial charge in [-0.25, -0.2) is 9.78 Å². The Morgan fingerprint density at radius 1 is 1.44 bits per heavy atom. The van der Waals surface area contributed by atoms with Crippen LogP contribution in [-0.2, 0) is 0 Å². The van der Waals surface area contributed by atoms with Gasteiger partial charge in [0, 0.05) is 12.4 Å². The van der Waals surface area contributed by atoms with Crippen molar-refractivity contribution in [1.82, 2.24) is 24.6 Å². The normalized spacial score (nSPS) is 11.9. The van der Waals surface area contributed by atoms with E-state index in [0.29, 0.717) is 17.2 Å². The van der Waals surface area contributed by atoms with Gasteiger partial charge < -0.3 is 0 Å². The fraction of sp³-hybridized carbons (Fsp3) is 0.300. The fourth-order valence-corrected chi connectivity index (χ4v) is 1.90. The molecule has 0 aliphatic rings. The van der Waals surface area contributed by atoms with E-state index in [1.54, 1.807) is 12.4 Å². The van der Waals surface area contributed by atoms with Crippen LogP contribution in [0.2, 0.25) is 0 Å². The molecule has 0 fully saturated rings. The summed E-state index contributed by atoms with van der Waals surface area (Å²) in [6, 6.07) is 0. The van der Waals surface area contributed by atoms with Crippen LogP contribution in [-0.4, -0.2) is 24.6 Å². The highest BCUT2D eigenvalue weighted by Crippen LogP contribution is 2.23. The molecular weight excluding hydrogens is 206 g/mol. The molecule has 0 amide bonds. The number of aromatic nitrogens is 5. The fourth-order valence-electron chi connectivity index (χ4n) is 1.90. The van der Waals surface area contributed by atoms with Crippen molar-refractivity contribution in [3.05, 3.63) is 28.6 Å². The quantitative estimate of drug-likeness (QED) is 0.638. The molecule has 3 heterocycles. The summed E-state index contributed by atoms with van der Waals surface area (Å²) < 4.78 is 1.49. The van der Waals surface area contributed by atoms with Crippen LogP contribution in [0.5, 0.6) is 0 Å². The molecule has 16 heavy (non-hydrogen) atoms. The molecule has 6 heteroatoms. The van der Waals surface area contributed by atoms with Gasteiger partial charge in [0.2, 0.25) is 0 Å². The van der Waals surface area contributed by atoms with Gasteiger partial charge in [-0.3, -0.25) is 14.5 Å². The first-order valence-electron chi connectivity index (χ1n) is 5.12. The standard InChI is InChI=1S/C10H11N5O/c1-5(2)7-6-8(14-13-7)12-10(16)15-4-3-11-9(6)15/h3-5H,1-2H3,(H2,12,13,14,16). The molecule has 3 rings (SSSR count). The van der Waals surface area contributed by atoms with Crippen LogP contribution in [0, 0.1) is 0 Å². The first-order valence-corrected chi connectivity index (χ1v) is 5.12. The Labute approximate surface area is 90.3 Å². The molecule has 3 aromatic heterocycles. The van der Waals surface area contributed by atoms with E-state index in [1.807, 2.05) is 0 Å². The molecule has 2 N–H and O–H groups in total. The van der Waals surface area contributed by atoms with Crippen molar-refractivity contribution < 1.29 is 0 Å². The van der Waals surface area contributed by atoms with Crippen LogP contribution in [0.15, 0.2) is 17.2 Å². The van der Waals surface area contributed by atoms with Gasteiger partial charge in [-0.2, -0.15) is 5.10 Å². The van der Waals surface area contributed by atoms with Gasteiger partial charge in [0.25, 0.3) is 0 Å². The van der Waals surface area contributed by atoms with Gasteiger partial charge in [0.05, 0.1) is 11.1 Å². The van der Waals surface area contributed by atoms with Gasteiger partial charge in [-0.05, 0) is 5.92 Å². The van der Waals surface area contributed by atoms with Crippen molar-refractivity contribution in [2.75, 3.05) is 0 Å².